The topological polar surface area (TPSA) is 0 Å². The summed E-state index contributed by atoms with van der Waals surface area (Å²) in [6.07, 6.45) is 2.52. The zero-order valence-corrected chi connectivity index (χ0v) is 20.1. The van der Waals surface area contributed by atoms with Crippen molar-refractivity contribution in [1.29, 1.82) is 0 Å². The molecule has 0 aliphatic rings. The van der Waals surface area contributed by atoms with Gasteiger partial charge in [0.1, 0.15) is 12.3 Å². The van der Waals surface area contributed by atoms with Crippen molar-refractivity contribution >= 4 is 37.1 Å². The summed E-state index contributed by atoms with van der Waals surface area (Å²) in [6.45, 7) is 0. The Morgan fingerprint density at radius 2 is 0.552 bits per heavy atom. The molecule has 0 aliphatic carbocycles. The second kappa shape index (κ2) is 11.5. The Kier molecular flexibility index (Phi) is 8.76. The van der Waals surface area contributed by atoms with E-state index in [-0.39, 0.29) is 19.5 Å². The quantitative estimate of drug-likeness (QED) is 0.254. The normalized spacial score (nSPS) is 10.7. The molecule has 0 bridgehead atoms. The van der Waals surface area contributed by atoms with Crippen LogP contribution in [0.2, 0.25) is 0 Å². The minimum atomic E-state index is -0.783. The molecule has 4 rings (SSSR count). The van der Waals surface area contributed by atoms with Crippen LogP contribution in [0, 0.1) is 0 Å². The maximum absolute atomic E-state index is 2.32. The first-order chi connectivity index (χ1) is 13.9. The first-order valence-electron chi connectivity index (χ1n) is 9.85. The number of benzene rings is 4. The van der Waals surface area contributed by atoms with Crippen LogP contribution in [0.4, 0.5) is 0 Å². The molecule has 4 aromatic rings. The Labute approximate surface area is 189 Å². The second-order valence-electron chi connectivity index (χ2n) is 6.92. The van der Waals surface area contributed by atoms with Crippen LogP contribution in [0.25, 0.3) is 0 Å². The van der Waals surface area contributed by atoms with Gasteiger partial charge in [-0.05, 0) is 48.5 Å². The van der Waals surface area contributed by atoms with Crippen molar-refractivity contribution in [3.63, 3.8) is 0 Å². The van der Waals surface area contributed by atoms with E-state index in [0.29, 0.717) is 0 Å². The molecule has 0 spiro atoms. The van der Waals surface area contributed by atoms with Gasteiger partial charge in [0.05, 0.1) is 37.1 Å². The smallest absolute Gasteiger partial charge is 0.0620 e. The average molecular weight is 502 g/mol. The van der Waals surface area contributed by atoms with Crippen molar-refractivity contribution in [3.8, 4) is 0 Å². The Balaban J connectivity index is 0.00000240. The molecule has 0 unspecified atom stereocenters. The molecule has 0 aliphatic heterocycles. The molecular formula is C26H26P2Ru+2. The van der Waals surface area contributed by atoms with Crippen molar-refractivity contribution in [3.05, 3.63) is 121 Å². The number of hydrogen-bond acceptors (Lipinski definition) is 0. The molecule has 0 fully saturated rings. The van der Waals surface area contributed by atoms with Crippen molar-refractivity contribution in [1.82, 2.24) is 0 Å². The third kappa shape index (κ3) is 5.93. The maximum atomic E-state index is 2.32. The van der Waals surface area contributed by atoms with Crippen molar-refractivity contribution < 1.29 is 19.5 Å². The fourth-order valence-corrected chi connectivity index (χ4v) is 9.92. The monoisotopic (exact) mass is 502 g/mol. The summed E-state index contributed by atoms with van der Waals surface area (Å²) in [4.78, 5) is 0. The zero-order valence-electron chi connectivity index (χ0n) is 16.3. The van der Waals surface area contributed by atoms with Crippen molar-refractivity contribution in [2.45, 2.75) is 0 Å². The molecule has 29 heavy (non-hydrogen) atoms. The summed E-state index contributed by atoms with van der Waals surface area (Å²) in [5, 5.41) is 6.06. The number of hydrogen-bond donors (Lipinski definition) is 0. The fraction of sp³-hybridized carbons (Fsp3) is 0.0769. The molecule has 4 aromatic carbocycles. The van der Waals surface area contributed by atoms with E-state index in [2.05, 4.69) is 121 Å². The van der Waals surface area contributed by atoms with Crippen LogP contribution in [-0.2, 0) is 19.5 Å². The molecular weight excluding hydrogens is 475 g/mol. The van der Waals surface area contributed by atoms with Gasteiger partial charge in [0.25, 0.3) is 0 Å². The van der Waals surface area contributed by atoms with Crippen molar-refractivity contribution in [2.75, 3.05) is 12.3 Å². The second-order valence-corrected chi connectivity index (χ2v) is 12.1. The Morgan fingerprint density at radius 1 is 0.345 bits per heavy atom. The summed E-state index contributed by atoms with van der Waals surface area (Å²) in [6, 6.07) is 44.5. The summed E-state index contributed by atoms with van der Waals surface area (Å²) in [7, 11) is -1.57. The van der Waals surface area contributed by atoms with Gasteiger partial charge in [0, 0.05) is 19.5 Å². The first-order valence-corrected chi connectivity index (χ1v) is 13.3. The minimum absolute atomic E-state index is 0. The van der Waals surface area contributed by atoms with Gasteiger partial charge in [-0.3, -0.25) is 0 Å². The predicted molar refractivity (Wildman–Crippen MR) is 131 cm³/mol. The van der Waals surface area contributed by atoms with Gasteiger partial charge >= 0.3 is 0 Å². The SMILES string of the molecule is [Ru].c1ccc([PH+](CC[PH+](c2ccccc2)c2ccccc2)c2ccccc2)cc1. The van der Waals surface area contributed by atoms with Gasteiger partial charge in [-0.1, -0.05) is 72.8 Å². The Hall–Kier alpha value is -1.64. The van der Waals surface area contributed by atoms with Crippen LogP contribution >= 0.6 is 15.8 Å². The van der Waals surface area contributed by atoms with Gasteiger partial charge < -0.3 is 0 Å². The van der Waals surface area contributed by atoms with Crippen LogP contribution < -0.4 is 21.2 Å². The number of rotatable bonds is 7. The largest absolute Gasteiger partial charge is 0.101 e. The minimum Gasteiger partial charge on any atom is -0.0620 e. The summed E-state index contributed by atoms with van der Waals surface area (Å²) >= 11 is 0. The zero-order chi connectivity index (χ0) is 19.0. The van der Waals surface area contributed by atoms with E-state index in [0.717, 1.165) is 0 Å². The van der Waals surface area contributed by atoms with Gasteiger partial charge in [0.15, 0.2) is 0 Å². The molecule has 3 heteroatoms. The average Bonchev–Trinajstić information content (AvgIpc) is 2.79. The molecule has 0 amide bonds. The van der Waals surface area contributed by atoms with E-state index >= 15 is 0 Å². The molecule has 0 aromatic heterocycles. The Bertz CT molecular complexity index is 798. The molecule has 0 atom stereocenters. The maximum Gasteiger partial charge on any atom is 0.101 e. The summed E-state index contributed by atoms with van der Waals surface area (Å²) < 4.78 is 0. The van der Waals surface area contributed by atoms with E-state index < -0.39 is 15.8 Å². The van der Waals surface area contributed by atoms with Gasteiger partial charge in [-0.25, -0.2) is 0 Å². The summed E-state index contributed by atoms with van der Waals surface area (Å²) in [5.74, 6) is 0. The van der Waals surface area contributed by atoms with E-state index in [1.165, 1.54) is 33.5 Å². The third-order valence-electron chi connectivity index (χ3n) is 5.11. The van der Waals surface area contributed by atoms with Crippen LogP contribution in [0.15, 0.2) is 121 Å². The third-order valence-corrected chi connectivity index (χ3v) is 11.2. The van der Waals surface area contributed by atoms with Crippen LogP contribution in [0.3, 0.4) is 0 Å². The van der Waals surface area contributed by atoms with Gasteiger partial charge in [-0.2, -0.15) is 0 Å². The van der Waals surface area contributed by atoms with Gasteiger partial charge in [-0.15, -0.1) is 0 Å². The molecule has 0 heterocycles. The van der Waals surface area contributed by atoms with E-state index in [4.69, 9.17) is 0 Å². The van der Waals surface area contributed by atoms with Crippen LogP contribution in [0.1, 0.15) is 0 Å². The molecule has 0 radical (unpaired) electrons. The molecule has 146 valence electrons. The predicted octanol–water partition coefficient (Wildman–Crippen LogP) is 4.71. The molecule has 0 saturated carbocycles. The molecule has 0 saturated heterocycles. The molecule has 0 N–H and O–H groups in total. The van der Waals surface area contributed by atoms with Crippen LogP contribution in [-0.4, -0.2) is 12.3 Å². The van der Waals surface area contributed by atoms with E-state index in [1.807, 2.05) is 0 Å². The first kappa shape index (κ1) is 22.1. The Morgan fingerprint density at radius 3 is 0.759 bits per heavy atom. The van der Waals surface area contributed by atoms with E-state index in [1.54, 1.807) is 0 Å². The van der Waals surface area contributed by atoms with Crippen LogP contribution in [0.5, 0.6) is 0 Å². The van der Waals surface area contributed by atoms with Gasteiger partial charge in [0.2, 0.25) is 0 Å². The van der Waals surface area contributed by atoms with E-state index in [9.17, 15) is 0 Å². The summed E-state index contributed by atoms with van der Waals surface area (Å²) in [5.41, 5.74) is 0. The standard InChI is InChI=1S/C26H24P2.Ru/c1-5-13-23(14-6-1)27(24-15-7-2-8-16-24)21-22-28(25-17-9-3-10-18-25)26-19-11-4-12-20-26;/h1-20H,21-22H2;/p+2. The fourth-order valence-electron chi connectivity index (χ4n) is 3.72. The van der Waals surface area contributed by atoms with Crippen molar-refractivity contribution in [2.24, 2.45) is 0 Å². The molecule has 0 nitrogen and oxygen atoms in total.